The van der Waals surface area contributed by atoms with Gasteiger partial charge in [0.2, 0.25) is 5.91 Å². The zero-order chi connectivity index (χ0) is 20.5. The van der Waals surface area contributed by atoms with E-state index in [0.29, 0.717) is 22.0 Å². The summed E-state index contributed by atoms with van der Waals surface area (Å²) in [6.07, 6.45) is 2.37. The van der Waals surface area contributed by atoms with Crippen molar-refractivity contribution in [3.05, 3.63) is 63.9 Å². The van der Waals surface area contributed by atoms with Crippen LogP contribution < -0.4 is 10.9 Å². The molecule has 1 N–H and O–H groups in total. The van der Waals surface area contributed by atoms with Gasteiger partial charge in [-0.2, -0.15) is 0 Å². The Labute approximate surface area is 174 Å². The maximum absolute atomic E-state index is 13.3. The molecule has 1 aromatic heterocycles. The zero-order valence-electron chi connectivity index (χ0n) is 16.9. The summed E-state index contributed by atoms with van der Waals surface area (Å²) in [4.78, 5) is 30.5. The van der Waals surface area contributed by atoms with Crippen molar-refractivity contribution >= 4 is 28.6 Å². The van der Waals surface area contributed by atoms with E-state index in [1.54, 1.807) is 10.6 Å². The van der Waals surface area contributed by atoms with E-state index in [1.165, 1.54) is 24.6 Å². The van der Waals surface area contributed by atoms with Gasteiger partial charge >= 0.3 is 0 Å². The molecule has 0 unspecified atom stereocenters. The van der Waals surface area contributed by atoms with Gasteiger partial charge in [-0.1, -0.05) is 36.0 Å². The van der Waals surface area contributed by atoms with Gasteiger partial charge < -0.3 is 5.32 Å². The zero-order valence-corrected chi connectivity index (χ0v) is 17.8. The van der Waals surface area contributed by atoms with E-state index in [0.717, 1.165) is 16.8 Å². The van der Waals surface area contributed by atoms with Gasteiger partial charge in [0, 0.05) is 6.04 Å². The number of amides is 1. The fraction of sp³-hybridized carbons (Fsp3) is 0.348. The van der Waals surface area contributed by atoms with Crippen molar-refractivity contribution in [2.24, 2.45) is 5.92 Å². The average molecular weight is 408 g/mol. The molecule has 1 fully saturated rings. The number of fused-ring (bicyclic) bond motifs is 1. The van der Waals surface area contributed by atoms with Crippen LogP contribution in [0.1, 0.15) is 30.9 Å². The summed E-state index contributed by atoms with van der Waals surface area (Å²) in [7, 11) is 0. The average Bonchev–Trinajstić information content (AvgIpc) is 3.54. The molecule has 29 heavy (non-hydrogen) atoms. The number of hydrogen-bond donors (Lipinski definition) is 1. The Morgan fingerprint density at radius 1 is 1.24 bits per heavy atom. The van der Waals surface area contributed by atoms with E-state index in [1.807, 2.05) is 50.2 Å². The number of thioether (sulfide) groups is 1. The quantitative estimate of drug-likeness (QED) is 0.495. The smallest absolute Gasteiger partial charge is 0.266 e. The van der Waals surface area contributed by atoms with Crippen LogP contribution in [0.2, 0.25) is 0 Å². The highest BCUT2D eigenvalue weighted by Crippen LogP contribution is 2.32. The summed E-state index contributed by atoms with van der Waals surface area (Å²) in [6.45, 7) is 6.04. The first-order valence-electron chi connectivity index (χ1n) is 9.95. The number of aryl methyl sites for hydroxylation is 2. The summed E-state index contributed by atoms with van der Waals surface area (Å²) in [6, 6.07) is 13.6. The van der Waals surface area contributed by atoms with Crippen molar-refractivity contribution in [1.29, 1.82) is 0 Å². The Bertz CT molecular complexity index is 1130. The summed E-state index contributed by atoms with van der Waals surface area (Å²) < 4.78 is 1.65. The fourth-order valence-corrected chi connectivity index (χ4v) is 4.34. The van der Waals surface area contributed by atoms with Gasteiger partial charge in [-0.3, -0.25) is 14.2 Å². The van der Waals surface area contributed by atoms with Crippen LogP contribution in [-0.4, -0.2) is 27.3 Å². The number of para-hydroxylation sites is 1. The van der Waals surface area contributed by atoms with Crippen LogP contribution in [0.4, 0.5) is 0 Å². The molecule has 5 nitrogen and oxygen atoms in total. The lowest BCUT2D eigenvalue weighted by atomic mass is 10.1. The largest absolute Gasteiger partial charge is 0.353 e. The normalized spacial score (nSPS) is 14.7. The second-order valence-electron chi connectivity index (χ2n) is 7.82. The van der Waals surface area contributed by atoms with Crippen LogP contribution in [0.5, 0.6) is 0 Å². The monoisotopic (exact) mass is 407 g/mol. The van der Waals surface area contributed by atoms with Gasteiger partial charge in [0.25, 0.3) is 5.56 Å². The molecule has 1 amide bonds. The van der Waals surface area contributed by atoms with Crippen molar-refractivity contribution in [2.75, 3.05) is 5.75 Å². The van der Waals surface area contributed by atoms with Crippen LogP contribution >= 0.6 is 11.8 Å². The molecule has 0 spiro atoms. The third-order valence-corrected chi connectivity index (χ3v) is 6.34. The van der Waals surface area contributed by atoms with Gasteiger partial charge in [-0.25, -0.2) is 4.98 Å². The molecule has 2 aromatic carbocycles. The van der Waals surface area contributed by atoms with E-state index < -0.39 is 0 Å². The number of hydrogen-bond acceptors (Lipinski definition) is 4. The second kappa shape index (κ2) is 8.03. The van der Waals surface area contributed by atoms with E-state index in [9.17, 15) is 9.59 Å². The van der Waals surface area contributed by atoms with E-state index in [-0.39, 0.29) is 23.3 Å². The topological polar surface area (TPSA) is 64.0 Å². The van der Waals surface area contributed by atoms with Crippen LogP contribution in [0.25, 0.3) is 16.6 Å². The van der Waals surface area contributed by atoms with Crippen molar-refractivity contribution in [1.82, 2.24) is 14.9 Å². The Morgan fingerprint density at radius 2 is 2.00 bits per heavy atom. The number of carbonyl (C=O) groups excluding carboxylic acids is 1. The molecule has 4 rings (SSSR count). The standard InChI is InChI=1S/C23H25N3O2S/c1-14-8-9-15(2)20(12-14)26-22(28)18-6-4-5-7-19(18)25-23(26)29-13-21(27)24-16(3)17-10-11-17/h4-9,12,16-17H,10-11,13H2,1-3H3,(H,24,27)/t16-/m1/s1. The molecule has 0 saturated heterocycles. The molecule has 0 radical (unpaired) electrons. The molecule has 1 heterocycles. The predicted octanol–water partition coefficient (Wildman–Crippen LogP) is 4.01. The molecule has 1 aliphatic rings. The van der Waals surface area contributed by atoms with Gasteiger partial charge in [-0.05, 0) is 68.9 Å². The van der Waals surface area contributed by atoms with E-state index in [2.05, 4.69) is 12.2 Å². The summed E-state index contributed by atoms with van der Waals surface area (Å²) in [5.74, 6) is 0.812. The van der Waals surface area contributed by atoms with Crippen LogP contribution in [0.15, 0.2) is 52.4 Å². The molecular weight excluding hydrogens is 382 g/mol. The highest BCUT2D eigenvalue weighted by molar-refractivity contribution is 7.99. The SMILES string of the molecule is Cc1ccc(C)c(-n2c(SCC(=O)N[C@H](C)C3CC3)nc3ccccc3c2=O)c1. The predicted molar refractivity (Wildman–Crippen MR) is 118 cm³/mol. The maximum Gasteiger partial charge on any atom is 0.266 e. The molecule has 1 atom stereocenters. The lowest BCUT2D eigenvalue weighted by Crippen LogP contribution is -2.35. The molecule has 0 aliphatic heterocycles. The van der Waals surface area contributed by atoms with Gasteiger partial charge in [0.15, 0.2) is 5.16 Å². The first kappa shape index (κ1) is 19.7. The Balaban J connectivity index is 1.72. The van der Waals surface area contributed by atoms with Crippen molar-refractivity contribution in [3.8, 4) is 5.69 Å². The molecule has 150 valence electrons. The van der Waals surface area contributed by atoms with Gasteiger partial charge in [0.05, 0.1) is 22.3 Å². The molecule has 6 heteroatoms. The maximum atomic E-state index is 13.3. The Hall–Kier alpha value is -2.60. The van der Waals surface area contributed by atoms with Gasteiger partial charge in [-0.15, -0.1) is 0 Å². The number of benzene rings is 2. The van der Waals surface area contributed by atoms with Crippen LogP contribution in [0, 0.1) is 19.8 Å². The Morgan fingerprint density at radius 3 is 2.76 bits per heavy atom. The number of rotatable bonds is 6. The molecule has 0 bridgehead atoms. The first-order valence-corrected chi connectivity index (χ1v) is 10.9. The minimum Gasteiger partial charge on any atom is -0.353 e. The number of carbonyl (C=O) groups is 1. The highest BCUT2D eigenvalue weighted by Gasteiger charge is 2.29. The number of nitrogens with zero attached hydrogens (tertiary/aromatic N) is 2. The lowest BCUT2D eigenvalue weighted by Gasteiger charge is -2.16. The Kier molecular flexibility index (Phi) is 5.46. The molecule has 1 aliphatic carbocycles. The first-order chi connectivity index (χ1) is 13.9. The van der Waals surface area contributed by atoms with E-state index in [4.69, 9.17) is 4.98 Å². The summed E-state index contributed by atoms with van der Waals surface area (Å²) in [5, 5.41) is 4.18. The molecule has 1 saturated carbocycles. The van der Waals surface area contributed by atoms with E-state index >= 15 is 0 Å². The number of nitrogens with one attached hydrogen (secondary N) is 1. The minimum absolute atomic E-state index is 0.0238. The highest BCUT2D eigenvalue weighted by atomic mass is 32.2. The minimum atomic E-state index is -0.112. The van der Waals surface area contributed by atoms with Crippen molar-refractivity contribution in [3.63, 3.8) is 0 Å². The number of aromatic nitrogens is 2. The molecular formula is C23H25N3O2S. The second-order valence-corrected chi connectivity index (χ2v) is 8.77. The summed E-state index contributed by atoms with van der Waals surface area (Å²) >= 11 is 1.31. The van der Waals surface area contributed by atoms with Crippen molar-refractivity contribution < 1.29 is 4.79 Å². The molecule has 3 aromatic rings. The third-order valence-electron chi connectivity index (χ3n) is 5.40. The summed E-state index contributed by atoms with van der Waals surface area (Å²) in [5.41, 5.74) is 3.40. The third kappa shape index (κ3) is 4.22. The van der Waals surface area contributed by atoms with Crippen LogP contribution in [-0.2, 0) is 4.79 Å². The van der Waals surface area contributed by atoms with Crippen molar-refractivity contribution in [2.45, 2.75) is 44.8 Å². The van der Waals surface area contributed by atoms with Gasteiger partial charge in [0.1, 0.15) is 0 Å². The van der Waals surface area contributed by atoms with Crippen LogP contribution in [0.3, 0.4) is 0 Å². The fourth-order valence-electron chi connectivity index (χ4n) is 3.52. The lowest BCUT2D eigenvalue weighted by molar-refractivity contribution is -0.119.